The maximum Gasteiger partial charge on any atom is 0.237 e. The second-order valence-corrected chi connectivity index (χ2v) is 7.44. The molecule has 0 radical (unpaired) electrons. The van der Waals surface area contributed by atoms with Gasteiger partial charge in [-0.15, -0.1) is 0 Å². The van der Waals surface area contributed by atoms with E-state index in [4.69, 9.17) is 0 Å². The number of nitrogens with one attached hydrogen (secondary N) is 2. The summed E-state index contributed by atoms with van der Waals surface area (Å²) in [4.78, 5) is 12.0. The summed E-state index contributed by atoms with van der Waals surface area (Å²) >= 11 is 0. The van der Waals surface area contributed by atoms with E-state index >= 15 is 0 Å². The Morgan fingerprint density at radius 1 is 1.35 bits per heavy atom. The van der Waals surface area contributed by atoms with Crippen molar-refractivity contribution in [2.75, 3.05) is 18.6 Å². The van der Waals surface area contributed by atoms with Gasteiger partial charge in [-0.3, -0.25) is 4.79 Å². The molecule has 0 aliphatic carbocycles. The molecule has 1 aliphatic heterocycles. The van der Waals surface area contributed by atoms with Gasteiger partial charge < -0.3 is 10.6 Å². The number of hydrogen-bond donors (Lipinski definition) is 2. The van der Waals surface area contributed by atoms with Crippen LogP contribution in [0.2, 0.25) is 0 Å². The van der Waals surface area contributed by atoms with Gasteiger partial charge in [0, 0.05) is 19.3 Å². The first kappa shape index (κ1) is 15.0. The third-order valence-electron chi connectivity index (χ3n) is 3.39. The molecule has 5 nitrogen and oxygen atoms in total. The van der Waals surface area contributed by atoms with Crippen molar-refractivity contribution >= 4 is 15.7 Å². The van der Waals surface area contributed by atoms with Crippen LogP contribution in [0, 0.1) is 0 Å². The van der Waals surface area contributed by atoms with Gasteiger partial charge in [0.2, 0.25) is 5.91 Å². The molecule has 2 rings (SSSR count). The van der Waals surface area contributed by atoms with Gasteiger partial charge in [0.15, 0.2) is 0 Å². The molecule has 0 bridgehead atoms. The van der Waals surface area contributed by atoms with Crippen LogP contribution in [0.25, 0.3) is 0 Å². The van der Waals surface area contributed by atoms with Crippen molar-refractivity contribution in [3.63, 3.8) is 0 Å². The largest absolute Gasteiger partial charge is 0.355 e. The van der Waals surface area contributed by atoms with E-state index in [1.54, 1.807) is 0 Å². The van der Waals surface area contributed by atoms with Gasteiger partial charge >= 0.3 is 0 Å². The third-order valence-corrected chi connectivity index (χ3v) is 4.42. The molecule has 0 saturated heterocycles. The van der Waals surface area contributed by atoms with Crippen molar-refractivity contribution in [1.29, 1.82) is 0 Å². The van der Waals surface area contributed by atoms with Crippen LogP contribution in [-0.2, 0) is 27.6 Å². The maximum atomic E-state index is 12.0. The fraction of sp³-hybridized carbons (Fsp3) is 0.500. The summed E-state index contributed by atoms with van der Waals surface area (Å²) in [5.74, 6) is 0.0433. The Hall–Kier alpha value is -1.40. The molecular formula is C14H20N2O3S. The quantitative estimate of drug-likeness (QED) is 0.764. The average Bonchev–Trinajstić information content (AvgIpc) is 2.42. The number of benzene rings is 1. The number of sulfone groups is 1. The molecule has 0 spiro atoms. The topological polar surface area (TPSA) is 75.3 Å². The van der Waals surface area contributed by atoms with E-state index in [-0.39, 0.29) is 17.7 Å². The van der Waals surface area contributed by atoms with Crippen molar-refractivity contribution < 1.29 is 13.2 Å². The van der Waals surface area contributed by atoms with Gasteiger partial charge in [0.25, 0.3) is 0 Å². The molecule has 20 heavy (non-hydrogen) atoms. The standard InChI is InChI=1S/C14H20N2O3S/c1-20(18,19)8-4-7-15-14(17)13-9-11-5-2-3-6-12(11)10-16-13/h2-3,5-6,13,16H,4,7-10H2,1H3,(H,15,17). The highest BCUT2D eigenvalue weighted by Crippen LogP contribution is 2.16. The highest BCUT2D eigenvalue weighted by atomic mass is 32.2. The predicted octanol–water partition coefficient (Wildman–Crippen LogP) is 0.252. The van der Waals surface area contributed by atoms with Crippen LogP contribution in [0.4, 0.5) is 0 Å². The van der Waals surface area contributed by atoms with Gasteiger partial charge in [-0.25, -0.2) is 8.42 Å². The lowest BCUT2D eigenvalue weighted by atomic mass is 9.95. The minimum absolute atomic E-state index is 0.0620. The third kappa shape index (κ3) is 4.31. The minimum Gasteiger partial charge on any atom is -0.355 e. The van der Waals surface area contributed by atoms with Crippen LogP contribution in [0.1, 0.15) is 17.5 Å². The van der Waals surface area contributed by atoms with E-state index < -0.39 is 9.84 Å². The van der Waals surface area contributed by atoms with Crippen LogP contribution in [0.15, 0.2) is 24.3 Å². The summed E-state index contributed by atoms with van der Waals surface area (Å²) in [5.41, 5.74) is 2.43. The number of fused-ring (bicyclic) bond motifs is 1. The van der Waals surface area contributed by atoms with E-state index in [2.05, 4.69) is 16.7 Å². The second kappa shape index (κ2) is 6.37. The lowest BCUT2D eigenvalue weighted by molar-refractivity contribution is -0.123. The van der Waals surface area contributed by atoms with Gasteiger partial charge in [-0.1, -0.05) is 24.3 Å². The van der Waals surface area contributed by atoms with Crippen molar-refractivity contribution in [3.8, 4) is 0 Å². The molecule has 2 N–H and O–H groups in total. The monoisotopic (exact) mass is 296 g/mol. The number of rotatable bonds is 5. The van der Waals surface area contributed by atoms with Crippen LogP contribution in [0.3, 0.4) is 0 Å². The molecule has 1 aromatic carbocycles. The molecular weight excluding hydrogens is 276 g/mol. The van der Waals surface area contributed by atoms with E-state index in [0.29, 0.717) is 25.9 Å². The average molecular weight is 296 g/mol. The first-order chi connectivity index (χ1) is 9.46. The highest BCUT2D eigenvalue weighted by Gasteiger charge is 2.23. The molecule has 1 amide bonds. The number of hydrogen-bond acceptors (Lipinski definition) is 4. The van der Waals surface area contributed by atoms with Crippen LogP contribution >= 0.6 is 0 Å². The molecule has 1 atom stereocenters. The molecule has 1 unspecified atom stereocenters. The molecule has 1 aromatic rings. The molecule has 6 heteroatoms. The summed E-state index contributed by atoms with van der Waals surface area (Å²) in [6.45, 7) is 1.09. The summed E-state index contributed by atoms with van der Waals surface area (Å²) in [7, 11) is -2.95. The van der Waals surface area contributed by atoms with Crippen molar-refractivity contribution in [3.05, 3.63) is 35.4 Å². The van der Waals surface area contributed by atoms with Gasteiger partial charge in [0.1, 0.15) is 9.84 Å². The minimum atomic E-state index is -2.95. The number of carbonyl (C=O) groups excluding carboxylic acids is 1. The zero-order valence-corrected chi connectivity index (χ0v) is 12.4. The Bertz CT molecular complexity index is 584. The summed E-state index contributed by atoms with van der Waals surface area (Å²) in [6, 6.07) is 7.84. The lowest BCUT2D eigenvalue weighted by Crippen LogP contribution is -2.47. The maximum absolute atomic E-state index is 12.0. The first-order valence-electron chi connectivity index (χ1n) is 6.71. The number of amides is 1. The Kier molecular flexibility index (Phi) is 4.77. The summed E-state index contributed by atoms with van der Waals surface area (Å²) in [6.07, 6.45) is 2.33. The van der Waals surface area contributed by atoms with Gasteiger partial charge in [-0.05, 0) is 24.0 Å². The van der Waals surface area contributed by atoms with Gasteiger partial charge in [0.05, 0.1) is 11.8 Å². The molecule has 110 valence electrons. The number of carbonyl (C=O) groups is 1. The van der Waals surface area contributed by atoms with Crippen LogP contribution in [0.5, 0.6) is 0 Å². The first-order valence-corrected chi connectivity index (χ1v) is 8.77. The van der Waals surface area contributed by atoms with Crippen LogP contribution in [-0.4, -0.2) is 38.9 Å². The highest BCUT2D eigenvalue weighted by molar-refractivity contribution is 7.90. The zero-order chi connectivity index (χ0) is 14.6. The Morgan fingerprint density at radius 2 is 2.05 bits per heavy atom. The van der Waals surface area contributed by atoms with Gasteiger partial charge in [-0.2, -0.15) is 0 Å². The lowest BCUT2D eigenvalue weighted by Gasteiger charge is -2.25. The fourth-order valence-corrected chi connectivity index (χ4v) is 2.98. The molecule has 0 fully saturated rings. The van der Waals surface area contributed by atoms with E-state index in [1.165, 1.54) is 17.4 Å². The summed E-state index contributed by atoms with van der Waals surface area (Å²) in [5, 5.41) is 5.99. The van der Waals surface area contributed by atoms with Crippen molar-refractivity contribution in [1.82, 2.24) is 10.6 Å². The Morgan fingerprint density at radius 3 is 2.75 bits per heavy atom. The van der Waals surface area contributed by atoms with E-state index in [9.17, 15) is 13.2 Å². The Balaban J connectivity index is 1.80. The smallest absolute Gasteiger partial charge is 0.237 e. The van der Waals surface area contributed by atoms with Crippen LogP contribution < -0.4 is 10.6 Å². The second-order valence-electron chi connectivity index (χ2n) is 5.18. The summed E-state index contributed by atoms with van der Waals surface area (Å²) < 4.78 is 22.0. The van der Waals surface area contributed by atoms with E-state index in [0.717, 1.165) is 0 Å². The zero-order valence-electron chi connectivity index (χ0n) is 11.6. The Labute approximate surface area is 119 Å². The van der Waals surface area contributed by atoms with E-state index in [1.807, 2.05) is 18.2 Å². The molecule has 1 aliphatic rings. The normalized spacial score (nSPS) is 18.4. The fourth-order valence-electron chi connectivity index (χ4n) is 2.31. The molecule has 1 heterocycles. The molecule has 0 saturated carbocycles. The SMILES string of the molecule is CS(=O)(=O)CCCNC(=O)C1Cc2ccccc2CN1. The predicted molar refractivity (Wildman–Crippen MR) is 78.1 cm³/mol. The molecule has 0 aromatic heterocycles. The van der Waals surface area contributed by atoms with Crippen molar-refractivity contribution in [2.24, 2.45) is 0 Å². The van der Waals surface area contributed by atoms with Crippen molar-refractivity contribution in [2.45, 2.75) is 25.4 Å².